The summed E-state index contributed by atoms with van der Waals surface area (Å²) in [5.41, 5.74) is 6.06. The molecule has 6 heteroatoms. The Morgan fingerprint density at radius 2 is 1.89 bits per heavy atom. The lowest BCUT2D eigenvalue weighted by Gasteiger charge is -2.09. The van der Waals surface area contributed by atoms with Gasteiger partial charge in [0.1, 0.15) is 0 Å². The van der Waals surface area contributed by atoms with Crippen LogP contribution in [0.4, 0.5) is 20.2 Å². The van der Waals surface area contributed by atoms with Gasteiger partial charge in [-0.3, -0.25) is 4.79 Å². The van der Waals surface area contributed by atoms with E-state index in [0.29, 0.717) is 0 Å². The molecule has 0 aliphatic carbocycles. The van der Waals surface area contributed by atoms with Gasteiger partial charge >= 0.3 is 0 Å². The fourth-order valence-corrected chi connectivity index (χ4v) is 1.82. The fourth-order valence-electron chi connectivity index (χ4n) is 1.55. The van der Waals surface area contributed by atoms with Crippen molar-refractivity contribution in [3.05, 3.63) is 58.6 Å². The molecule has 98 valence electrons. The summed E-state index contributed by atoms with van der Waals surface area (Å²) in [7, 11) is 0. The van der Waals surface area contributed by atoms with E-state index in [0.717, 1.165) is 12.1 Å². The van der Waals surface area contributed by atoms with Crippen molar-refractivity contribution in [1.82, 2.24) is 0 Å². The standard InChI is InChI=1S/C13H9ClF2N2O/c14-8-2-1-3-11(17)12(8)13(19)18-7-4-5-9(15)10(16)6-7/h1-6H,17H2,(H,18,19). The van der Waals surface area contributed by atoms with Gasteiger partial charge in [-0.1, -0.05) is 17.7 Å². The smallest absolute Gasteiger partial charge is 0.259 e. The molecule has 0 aliphatic rings. The minimum Gasteiger partial charge on any atom is -0.398 e. The maximum Gasteiger partial charge on any atom is 0.259 e. The zero-order valence-electron chi connectivity index (χ0n) is 9.58. The Balaban J connectivity index is 2.28. The largest absolute Gasteiger partial charge is 0.398 e. The van der Waals surface area contributed by atoms with Crippen molar-refractivity contribution in [3.8, 4) is 0 Å². The molecule has 3 N–H and O–H groups in total. The van der Waals surface area contributed by atoms with E-state index in [1.807, 2.05) is 0 Å². The number of nitrogens with two attached hydrogens (primary N) is 1. The molecular formula is C13H9ClF2N2O. The number of hydrogen-bond donors (Lipinski definition) is 2. The molecule has 0 atom stereocenters. The van der Waals surface area contributed by atoms with Crippen LogP contribution in [-0.2, 0) is 0 Å². The van der Waals surface area contributed by atoms with E-state index >= 15 is 0 Å². The molecule has 2 rings (SSSR count). The summed E-state index contributed by atoms with van der Waals surface area (Å²) in [4.78, 5) is 12.0. The van der Waals surface area contributed by atoms with Crippen molar-refractivity contribution in [2.45, 2.75) is 0 Å². The van der Waals surface area contributed by atoms with E-state index in [4.69, 9.17) is 17.3 Å². The topological polar surface area (TPSA) is 55.1 Å². The lowest BCUT2D eigenvalue weighted by atomic mass is 10.1. The molecule has 0 aliphatic heterocycles. The molecule has 0 saturated heterocycles. The van der Waals surface area contributed by atoms with Gasteiger partial charge < -0.3 is 11.1 Å². The highest BCUT2D eigenvalue weighted by Gasteiger charge is 2.14. The van der Waals surface area contributed by atoms with Crippen molar-refractivity contribution >= 4 is 28.9 Å². The normalized spacial score (nSPS) is 10.3. The Hall–Kier alpha value is -2.14. The monoisotopic (exact) mass is 282 g/mol. The molecule has 0 fully saturated rings. The summed E-state index contributed by atoms with van der Waals surface area (Å²) in [6, 6.07) is 7.67. The van der Waals surface area contributed by atoms with Gasteiger partial charge in [0.2, 0.25) is 0 Å². The zero-order valence-corrected chi connectivity index (χ0v) is 10.3. The second kappa shape index (κ2) is 5.24. The van der Waals surface area contributed by atoms with Crippen molar-refractivity contribution in [2.75, 3.05) is 11.1 Å². The van der Waals surface area contributed by atoms with Crippen molar-refractivity contribution in [2.24, 2.45) is 0 Å². The van der Waals surface area contributed by atoms with E-state index in [1.54, 1.807) is 6.07 Å². The molecule has 0 radical (unpaired) electrons. The van der Waals surface area contributed by atoms with E-state index in [1.165, 1.54) is 18.2 Å². The lowest BCUT2D eigenvalue weighted by Crippen LogP contribution is -2.14. The molecule has 0 bridgehead atoms. The van der Waals surface area contributed by atoms with Crippen LogP contribution in [0.2, 0.25) is 5.02 Å². The van der Waals surface area contributed by atoms with Crippen LogP contribution in [0.3, 0.4) is 0 Å². The van der Waals surface area contributed by atoms with Gasteiger partial charge in [-0.2, -0.15) is 0 Å². The molecule has 0 aromatic heterocycles. The highest BCUT2D eigenvalue weighted by atomic mass is 35.5. The molecule has 0 heterocycles. The summed E-state index contributed by atoms with van der Waals surface area (Å²) in [6.07, 6.45) is 0. The predicted molar refractivity (Wildman–Crippen MR) is 70.2 cm³/mol. The van der Waals surface area contributed by atoms with Gasteiger partial charge in [0.05, 0.1) is 10.6 Å². The third-order valence-electron chi connectivity index (χ3n) is 2.45. The summed E-state index contributed by atoms with van der Waals surface area (Å²) in [5, 5.41) is 2.58. The molecule has 3 nitrogen and oxygen atoms in total. The van der Waals surface area contributed by atoms with Gasteiger partial charge in [-0.15, -0.1) is 0 Å². The first-order valence-corrected chi connectivity index (χ1v) is 5.67. The number of anilines is 2. The number of rotatable bonds is 2. The molecule has 0 unspecified atom stereocenters. The van der Waals surface area contributed by atoms with Crippen LogP contribution in [0.25, 0.3) is 0 Å². The lowest BCUT2D eigenvalue weighted by molar-refractivity contribution is 0.102. The maximum absolute atomic E-state index is 13.0. The first-order valence-electron chi connectivity index (χ1n) is 5.29. The number of amides is 1. The number of nitrogens with one attached hydrogen (secondary N) is 1. The van der Waals surface area contributed by atoms with Crippen LogP contribution in [0.15, 0.2) is 36.4 Å². The van der Waals surface area contributed by atoms with Crippen LogP contribution in [-0.4, -0.2) is 5.91 Å². The second-order valence-corrected chi connectivity index (χ2v) is 4.19. The third kappa shape index (κ3) is 2.82. The van der Waals surface area contributed by atoms with Gasteiger partial charge in [-0.25, -0.2) is 8.78 Å². The molecule has 2 aromatic rings. The third-order valence-corrected chi connectivity index (χ3v) is 2.77. The molecule has 19 heavy (non-hydrogen) atoms. The van der Waals surface area contributed by atoms with Gasteiger partial charge in [0, 0.05) is 17.4 Å². The van der Waals surface area contributed by atoms with Crippen molar-refractivity contribution in [1.29, 1.82) is 0 Å². The summed E-state index contributed by atoms with van der Waals surface area (Å²) in [6.45, 7) is 0. The summed E-state index contributed by atoms with van der Waals surface area (Å²) in [5.74, 6) is -2.63. The van der Waals surface area contributed by atoms with E-state index in [9.17, 15) is 13.6 Å². The van der Waals surface area contributed by atoms with Crippen molar-refractivity contribution < 1.29 is 13.6 Å². The number of benzene rings is 2. The Bertz CT molecular complexity index is 626. The molecule has 1 amide bonds. The van der Waals surface area contributed by atoms with Crippen LogP contribution in [0.1, 0.15) is 10.4 Å². The fraction of sp³-hybridized carbons (Fsp3) is 0. The van der Waals surface area contributed by atoms with E-state index in [2.05, 4.69) is 5.32 Å². The van der Waals surface area contributed by atoms with Crippen LogP contribution >= 0.6 is 11.6 Å². The van der Waals surface area contributed by atoms with Crippen LogP contribution in [0, 0.1) is 11.6 Å². The average Bonchev–Trinajstić information content (AvgIpc) is 2.33. The highest BCUT2D eigenvalue weighted by Crippen LogP contribution is 2.23. The molecule has 2 aromatic carbocycles. The quantitative estimate of drug-likeness (QED) is 0.829. The van der Waals surface area contributed by atoms with E-state index < -0.39 is 17.5 Å². The number of hydrogen-bond acceptors (Lipinski definition) is 2. The number of carbonyl (C=O) groups excluding carboxylic acids is 1. The Kier molecular flexibility index (Phi) is 3.66. The Morgan fingerprint density at radius 1 is 1.16 bits per heavy atom. The van der Waals surface area contributed by atoms with Crippen LogP contribution in [0.5, 0.6) is 0 Å². The minimum atomic E-state index is -1.05. The molecule has 0 saturated carbocycles. The Labute approximate surface area is 113 Å². The van der Waals surface area contributed by atoms with Gasteiger partial charge in [-0.05, 0) is 24.3 Å². The predicted octanol–water partition coefficient (Wildman–Crippen LogP) is 3.45. The molecular weight excluding hydrogens is 274 g/mol. The van der Waals surface area contributed by atoms with Crippen LogP contribution < -0.4 is 11.1 Å². The summed E-state index contributed by atoms with van der Waals surface area (Å²) >= 11 is 5.87. The number of carbonyl (C=O) groups is 1. The Morgan fingerprint density at radius 3 is 2.53 bits per heavy atom. The highest BCUT2D eigenvalue weighted by molar-refractivity contribution is 6.35. The number of halogens is 3. The molecule has 0 spiro atoms. The van der Waals surface area contributed by atoms with E-state index in [-0.39, 0.29) is 22.0 Å². The first kappa shape index (κ1) is 13.3. The summed E-state index contributed by atoms with van der Waals surface area (Å²) < 4.78 is 25.8. The SMILES string of the molecule is Nc1cccc(Cl)c1C(=O)Nc1ccc(F)c(F)c1. The average molecular weight is 283 g/mol. The van der Waals surface area contributed by atoms with Gasteiger partial charge in [0.15, 0.2) is 11.6 Å². The minimum absolute atomic E-state index is 0.0916. The first-order chi connectivity index (χ1) is 8.99. The maximum atomic E-state index is 13.0. The number of nitrogen functional groups attached to an aromatic ring is 1. The second-order valence-electron chi connectivity index (χ2n) is 3.79. The zero-order chi connectivity index (χ0) is 14.0. The van der Waals surface area contributed by atoms with Crippen molar-refractivity contribution in [3.63, 3.8) is 0 Å². The van der Waals surface area contributed by atoms with Gasteiger partial charge in [0.25, 0.3) is 5.91 Å².